The summed E-state index contributed by atoms with van der Waals surface area (Å²) in [5, 5.41) is 14.5. The Hall–Kier alpha value is -2.76. The summed E-state index contributed by atoms with van der Waals surface area (Å²) in [6.45, 7) is 8.16. The number of halogens is 2. The highest BCUT2D eigenvalue weighted by atomic mass is 79.9. The molecule has 10 nitrogen and oxygen atoms in total. The maximum atomic E-state index is 14.5. The predicted octanol–water partition coefficient (Wildman–Crippen LogP) is 3.90. The Kier molecular flexibility index (Phi) is 7.34. The Labute approximate surface area is 181 Å². The number of hydrogen-bond donors (Lipinski definition) is 1. The molecule has 0 spiro atoms. The molecule has 1 amide bonds. The summed E-state index contributed by atoms with van der Waals surface area (Å²) >= 11 is 3.20. The first-order valence-corrected chi connectivity index (χ1v) is 9.87. The third kappa shape index (κ3) is 5.88. The van der Waals surface area contributed by atoms with E-state index in [4.69, 9.17) is 9.47 Å². The zero-order valence-electron chi connectivity index (χ0n) is 17.3. The first-order valence-electron chi connectivity index (χ1n) is 9.07. The van der Waals surface area contributed by atoms with E-state index in [1.807, 2.05) is 0 Å². The van der Waals surface area contributed by atoms with Gasteiger partial charge in [-0.15, -0.1) is 0 Å². The number of ether oxygens (including phenoxy) is 2. The van der Waals surface area contributed by atoms with Gasteiger partial charge in [-0.3, -0.25) is 10.1 Å². The molecular weight excluding hydrogens is 465 g/mol. The molecule has 0 aliphatic carbocycles. The summed E-state index contributed by atoms with van der Waals surface area (Å²) < 4.78 is 25.7. The number of amides is 1. The lowest BCUT2D eigenvalue weighted by Crippen LogP contribution is -2.41. The fourth-order valence-corrected chi connectivity index (χ4v) is 2.85. The largest absolute Gasteiger partial charge is 0.464 e. The Balaban J connectivity index is 2.62. The van der Waals surface area contributed by atoms with Gasteiger partial charge < -0.3 is 14.8 Å². The Morgan fingerprint density at radius 2 is 2.10 bits per heavy atom. The van der Waals surface area contributed by atoms with E-state index in [0.717, 1.165) is 4.90 Å². The molecule has 164 valence electrons. The van der Waals surface area contributed by atoms with Gasteiger partial charge in [0.15, 0.2) is 0 Å². The summed E-state index contributed by atoms with van der Waals surface area (Å²) in [6, 6.07) is -0.141. The first-order chi connectivity index (χ1) is 13.9. The number of aromatic nitrogens is 2. The topological polar surface area (TPSA) is 120 Å². The maximum Gasteiger partial charge on any atom is 0.416 e. The molecule has 1 aromatic heterocycles. The SMILES string of the molecule is CCOc1nc(C)c([N+](=O)[O-])c(N(CC2=C(F)C=C(Br)CN2)C(=O)OC(C)(C)C)n1. The van der Waals surface area contributed by atoms with Gasteiger partial charge in [0, 0.05) is 11.0 Å². The number of anilines is 1. The second kappa shape index (κ2) is 9.37. The van der Waals surface area contributed by atoms with E-state index in [-0.39, 0.29) is 36.4 Å². The number of nitrogens with zero attached hydrogens (tertiary/aromatic N) is 4. The first kappa shape index (κ1) is 23.5. The fraction of sp³-hybridized carbons (Fsp3) is 0.500. The zero-order chi connectivity index (χ0) is 22.6. The summed E-state index contributed by atoms with van der Waals surface area (Å²) in [5.41, 5.74) is -1.36. The van der Waals surface area contributed by atoms with Crippen molar-refractivity contribution in [3.63, 3.8) is 0 Å². The molecule has 1 aromatic rings. The lowest BCUT2D eigenvalue weighted by atomic mass is 10.2. The van der Waals surface area contributed by atoms with E-state index < -0.39 is 28.1 Å². The minimum atomic E-state index is -0.929. The van der Waals surface area contributed by atoms with Crippen LogP contribution in [-0.2, 0) is 4.74 Å². The average Bonchev–Trinajstić information content (AvgIpc) is 2.58. The number of rotatable bonds is 6. The Bertz CT molecular complexity index is 913. The van der Waals surface area contributed by atoms with Gasteiger partial charge in [-0.05, 0) is 40.7 Å². The van der Waals surface area contributed by atoms with Gasteiger partial charge in [-0.2, -0.15) is 9.97 Å². The third-order valence-corrected chi connectivity index (χ3v) is 4.21. The van der Waals surface area contributed by atoms with Crippen LogP contribution in [0.1, 0.15) is 33.4 Å². The van der Waals surface area contributed by atoms with Crippen LogP contribution in [0.5, 0.6) is 6.01 Å². The van der Waals surface area contributed by atoms with Gasteiger partial charge in [0.1, 0.15) is 17.1 Å². The number of nitrogens with one attached hydrogen (secondary N) is 1. The standard InChI is InChI=1S/C18H23BrFN5O5/c1-6-29-16-22-10(2)14(25(27)28)15(23-16)24(17(26)30-18(3,4)5)9-13-12(20)7-11(19)8-21-13/h7,21H,6,8-9H2,1-5H3. The fourth-order valence-electron chi connectivity index (χ4n) is 2.51. The van der Waals surface area contributed by atoms with Crippen molar-refractivity contribution in [3.05, 3.63) is 37.9 Å². The van der Waals surface area contributed by atoms with E-state index in [0.29, 0.717) is 11.0 Å². The van der Waals surface area contributed by atoms with E-state index in [9.17, 15) is 19.3 Å². The van der Waals surface area contributed by atoms with Crippen LogP contribution in [0.4, 0.5) is 20.7 Å². The van der Waals surface area contributed by atoms with Crippen molar-refractivity contribution in [1.82, 2.24) is 15.3 Å². The summed E-state index contributed by atoms with van der Waals surface area (Å²) in [7, 11) is 0. The zero-order valence-corrected chi connectivity index (χ0v) is 18.9. The second-order valence-electron chi connectivity index (χ2n) is 7.29. The van der Waals surface area contributed by atoms with Crippen molar-refractivity contribution >= 4 is 33.5 Å². The lowest BCUT2D eigenvalue weighted by molar-refractivity contribution is -0.385. The third-order valence-electron chi connectivity index (χ3n) is 3.70. The molecule has 0 fully saturated rings. The molecule has 0 unspecified atom stereocenters. The maximum absolute atomic E-state index is 14.5. The lowest BCUT2D eigenvalue weighted by Gasteiger charge is -2.28. The Morgan fingerprint density at radius 1 is 1.43 bits per heavy atom. The molecule has 30 heavy (non-hydrogen) atoms. The Morgan fingerprint density at radius 3 is 2.63 bits per heavy atom. The number of carbonyl (C=O) groups is 1. The quantitative estimate of drug-likeness (QED) is 0.473. The number of aryl methyl sites for hydroxylation is 1. The van der Waals surface area contributed by atoms with Crippen LogP contribution in [0.25, 0.3) is 0 Å². The van der Waals surface area contributed by atoms with E-state index >= 15 is 0 Å². The minimum Gasteiger partial charge on any atom is -0.464 e. The monoisotopic (exact) mass is 487 g/mol. The number of nitro groups is 1. The van der Waals surface area contributed by atoms with Gasteiger partial charge in [0.05, 0.1) is 23.8 Å². The summed E-state index contributed by atoms with van der Waals surface area (Å²) in [5.74, 6) is -0.971. The van der Waals surface area contributed by atoms with Crippen molar-refractivity contribution < 1.29 is 23.6 Å². The van der Waals surface area contributed by atoms with E-state index in [2.05, 4.69) is 31.2 Å². The molecule has 1 N–H and O–H groups in total. The van der Waals surface area contributed by atoms with Crippen LogP contribution in [0.2, 0.25) is 0 Å². The van der Waals surface area contributed by atoms with Crippen LogP contribution in [0, 0.1) is 17.0 Å². The van der Waals surface area contributed by atoms with Crippen molar-refractivity contribution in [2.45, 2.75) is 40.2 Å². The van der Waals surface area contributed by atoms with Crippen molar-refractivity contribution in [2.24, 2.45) is 0 Å². The van der Waals surface area contributed by atoms with Crippen LogP contribution in [0.3, 0.4) is 0 Å². The molecule has 0 saturated heterocycles. The molecular formula is C18H23BrFN5O5. The minimum absolute atomic E-state index is 0.00398. The van der Waals surface area contributed by atoms with Gasteiger partial charge in [-0.25, -0.2) is 14.1 Å². The van der Waals surface area contributed by atoms with Crippen molar-refractivity contribution in [2.75, 3.05) is 24.6 Å². The number of carbonyl (C=O) groups excluding carboxylic acids is 1. The van der Waals surface area contributed by atoms with Crippen LogP contribution in [0.15, 0.2) is 22.1 Å². The number of dihydropyridines is 1. The van der Waals surface area contributed by atoms with Crippen LogP contribution in [-0.4, -0.2) is 46.3 Å². The van der Waals surface area contributed by atoms with Crippen LogP contribution < -0.4 is 15.0 Å². The van der Waals surface area contributed by atoms with E-state index in [1.165, 1.54) is 13.0 Å². The van der Waals surface area contributed by atoms with Gasteiger partial charge >= 0.3 is 17.8 Å². The molecule has 1 aliphatic rings. The number of allylic oxidation sites excluding steroid dienone is 2. The highest BCUT2D eigenvalue weighted by Crippen LogP contribution is 2.32. The highest BCUT2D eigenvalue weighted by molar-refractivity contribution is 9.11. The van der Waals surface area contributed by atoms with Gasteiger partial charge in [0.2, 0.25) is 5.82 Å². The summed E-state index contributed by atoms with van der Waals surface area (Å²) in [6.07, 6.45) is 0.326. The molecule has 0 saturated carbocycles. The molecule has 2 rings (SSSR count). The molecule has 0 bridgehead atoms. The smallest absolute Gasteiger partial charge is 0.416 e. The summed E-state index contributed by atoms with van der Waals surface area (Å²) in [4.78, 5) is 32.9. The molecule has 0 atom stereocenters. The number of hydrogen-bond acceptors (Lipinski definition) is 8. The molecule has 0 aromatic carbocycles. The van der Waals surface area contributed by atoms with Crippen molar-refractivity contribution in [3.8, 4) is 6.01 Å². The van der Waals surface area contributed by atoms with E-state index in [1.54, 1.807) is 27.7 Å². The highest BCUT2D eigenvalue weighted by Gasteiger charge is 2.34. The molecule has 1 aliphatic heterocycles. The molecule has 2 heterocycles. The molecule has 0 radical (unpaired) electrons. The normalized spacial score (nSPS) is 14.0. The van der Waals surface area contributed by atoms with Crippen molar-refractivity contribution in [1.29, 1.82) is 0 Å². The predicted molar refractivity (Wildman–Crippen MR) is 111 cm³/mol. The average molecular weight is 488 g/mol. The second-order valence-corrected chi connectivity index (χ2v) is 8.31. The van der Waals surface area contributed by atoms with Crippen LogP contribution >= 0.6 is 15.9 Å². The molecule has 12 heteroatoms. The van der Waals surface area contributed by atoms with Gasteiger partial charge in [0.25, 0.3) is 0 Å². The van der Waals surface area contributed by atoms with Gasteiger partial charge in [-0.1, -0.05) is 15.9 Å².